The molecule has 0 saturated heterocycles. The normalized spacial score (nSPS) is 18.7. The van der Waals surface area contributed by atoms with E-state index in [0.717, 1.165) is 5.57 Å². The van der Waals surface area contributed by atoms with Gasteiger partial charge < -0.3 is 16.0 Å². The Labute approximate surface area is 180 Å². The van der Waals surface area contributed by atoms with Crippen molar-refractivity contribution in [1.82, 2.24) is 0 Å². The Bertz CT molecular complexity index is 1100. The molecule has 1 atom stereocenters. The van der Waals surface area contributed by atoms with Gasteiger partial charge in [-0.2, -0.15) is 0 Å². The lowest BCUT2D eigenvalue weighted by Gasteiger charge is -2.20. The van der Waals surface area contributed by atoms with Crippen LogP contribution in [0.25, 0.3) is 0 Å². The molecule has 7 heteroatoms. The highest BCUT2D eigenvalue weighted by atomic mass is 19.1. The predicted molar refractivity (Wildman–Crippen MR) is 121 cm³/mol. The number of hydrogen-bond acceptors (Lipinski definition) is 4. The molecule has 2 aromatic rings. The van der Waals surface area contributed by atoms with Crippen LogP contribution in [0.3, 0.4) is 0 Å². The summed E-state index contributed by atoms with van der Waals surface area (Å²) in [6, 6.07) is 13.3. The number of carbonyl (C=O) groups excluding carboxylic acids is 2. The Hall–Kier alpha value is -3.74. The molecule has 2 aromatic carbocycles. The molecule has 1 heterocycles. The molecule has 0 radical (unpaired) electrons. The SMILES string of the molecule is C=C1C(Nc2ccc(NC(=O)C3(C(=O)Nc4ccccc4)CC3)cc2F)=CC=NC1C. The van der Waals surface area contributed by atoms with Crippen molar-refractivity contribution in [3.05, 3.63) is 78.3 Å². The molecule has 0 spiro atoms. The van der Waals surface area contributed by atoms with Gasteiger partial charge in [-0.1, -0.05) is 24.8 Å². The third-order valence-corrected chi connectivity index (χ3v) is 5.55. The first-order chi connectivity index (χ1) is 14.9. The Morgan fingerprint density at radius 2 is 1.74 bits per heavy atom. The van der Waals surface area contributed by atoms with Crippen molar-refractivity contribution >= 4 is 35.1 Å². The third kappa shape index (κ3) is 4.26. The first-order valence-corrected chi connectivity index (χ1v) is 10.1. The van der Waals surface area contributed by atoms with Crippen molar-refractivity contribution in [1.29, 1.82) is 0 Å². The molecule has 6 nitrogen and oxygen atoms in total. The minimum atomic E-state index is -1.12. The average Bonchev–Trinajstić information content (AvgIpc) is 3.56. The fraction of sp³-hybridized carbons (Fsp3) is 0.208. The molecule has 2 amide bonds. The Balaban J connectivity index is 1.42. The van der Waals surface area contributed by atoms with Crippen molar-refractivity contribution < 1.29 is 14.0 Å². The van der Waals surface area contributed by atoms with E-state index in [9.17, 15) is 14.0 Å². The summed E-state index contributed by atoms with van der Waals surface area (Å²) in [6.45, 7) is 5.88. The topological polar surface area (TPSA) is 82.6 Å². The van der Waals surface area contributed by atoms with Gasteiger partial charge in [0.2, 0.25) is 11.8 Å². The van der Waals surface area contributed by atoms with Gasteiger partial charge in [0.1, 0.15) is 11.2 Å². The van der Waals surface area contributed by atoms with Gasteiger partial charge in [0.05, 0.1) is 11.7 Å². The number of aliphatic imine (C=N–C) groups is 1. The van der Waals surface area contributed by atoms with E-state index in [1.54, 1.807) is 48.7 Å². The van der Waals surface area contributed by atoms with Gasteiger partial charge in [0.15, 0.2) is 0 Å². The lowest BCUT2D eigenvalue weighted by molar-refractivity contribution is -0.131. The lowest BCUT2D eigenvalue weighted by atomic mass is 10.0. The predicted octanol–water partition coefficient (Wildman–Crippen LogP) is 4.51. The van der Waals surface area contributed by atoms with E-state index in [0.29, 0.717) is 29.9 Å². The molecular formula is C24H23FN4O2. The van der Waals surface area contributed by atoms with E-state index in [2.05, 4.69) is 27.5 Å². The highest BCUT2D eigenvalue weighted by molar-refractivity contribution is 6.16. The van der Waals surface area contributed by atoms with E-state index < -0.39 is 17.1 Å². The van der Waals surface area contributed by atoms with Crippen LogP contribution in [0.4, 0.5) is 21.5 Å². The molecular weight excluding hydrogens is 395 g/mol. The van der Waals surface area contributed by atoms with Gasteiger partial charge in [-0.05, 0) is 61.7 Å². The molecule has 31 heavy (non-hydrogen) atoms. The molecule has 0 bridgehead atoms. The monoisotopic (exact) mass is 418 g/mol. The van der Waals surface area contributed by atoms with E-state index in [-0.39, 0.29) is 17.6 Å². The van der Waals surface area contributed by atoms with Gasteiger partial charge in [-0.25, -0.2) is 4.39 Å². The van der Waals surface area contributed by atoms with Crippen LogP contribution in [0, 0.1) is 11.2 Å². The zero-order chi connectivity index (χ0) is 22.0. The zero-order valence-electron chi connectivity index (χ0n) is 17.1. The number of anilines is 3. The fourth-order valence-corrected chi connectivity index (χ4v) is 3.34. The van der Waals surface area contributed by atoms with Gasteiger partial charge in [-0.3, -0.25) is 14.6 Å². The quantitative estimate of drug-likeness (QED) is 0.604. The summed E-state index contributed by atoms with van der Waals surface area (Å²) in [7, 11) is 0. The number of dihydropyridines is 1. The number of nitrogens with one attached hydrogen (secondary N) is 3. The van der Waals surface area contributed by atoms with E-state index >= 15 is 0 Å². The lowest BCUT2D eigenvalue weighted by Crippen LogP contribution is -2.35. The Morgan fingerprint density at radius 1 is 1.06 bits per heavy atom. The molecule has 1 saturated carbocycles. The molecule has 1 fully saturated rings. The number of amides is 2. The number of hydrogen-bond donors (Lipinski definition) is 3. The van der Waals surface area contributed by atoms with Crippen LogP contribution in [0.2, 0.25) is 0 Å². The van der Waals surface area contributed by atoms with Crippen molar-refractivity contribution in [3.63, 3.8) is 0 Å². The molecule has 1 aliphatic heterocycles. The highest BCUT2D eigenvalue weighted by Crippen LogP contribution is 2.47. The molecule has 158 valence electrons. The van der Waals surface area contributed by atoms with Gasteiger partial charge in [-0.15, -0.1) is 0 Å². The van der Waals surface area contributed by atoms with Crippen LogP contribution in [0.1, 0.15) is 19.8 Å². The summed E-state index contributed by atoms with van der Waals surface area (Å²) < 4.78 is 14.7. The molecule has 1 unspecified atom stereocenters. The van der Waals surface area contributed by atoms with Crippen LogP contribution in [0.5, 0.6) is 0 Å². The summed E-state index contributed by atoms with van der Waals surface area (Å²) in [5.41, 5.74) is 1.51. The highest BCUT2D eigenvalue weighted by Gasteiger charge is 2.56. The maximum Gasteiger partial charge on any atom is 0.240 e. The average molecular weight is 418 g/mol. The second-order valence-electron chi connectivity index (χ2n) is 7.76. The van der Waals surface area contributed by atoms with Crippen molar-refractivity contribution in [3.8, 4) is 0 Å². The fourth-order valence-electron chi connectivity index (χ4n) is 3.34. The molecule has 2 aliphatic rings. The van der Waals surface area contributed by atoms with E-state index in [1.165, 1.54) is 6.07 Å². The number of nitrogens with zero attached hydrogens (tertiary/aromatic N) is 1. The molecule has 1 aliphatic carbocycles. The molecule has 3 N–H and O–H groups in total. The number of para-hydroxylation sites is 1. The largest absolute Gasteiger partial charge is 0.353 e. The van der Waals surface area contributed by atoms with Crippen molar-refractivity contribution in [2.45, 2.75) is 25.8 Å². The van der Waals surface area contributed by atoms with Gasteiger partial charge in [0.25, 0.3) is 0 Å². The Morgan fingerprint density at radius 3 is 2.39 bits per heavy atom. The minimum absolute atomic E-state index is 0.0779. The summed E-state index contributed by atoms with van der Waals surface area (Å²) >= 11 is 0. The third-order valence-electron chi connectivity index (χ3n) is 5.55. The van der Waals surface area contributed by atoms with E-state index in [4.69, 9.17) is 0 Å². The van der Waals surface area contributed by atoms with Crippen molar-refractivity contribution in [2.24, 2.45) is 10.4 Å². The summed E-state index contributed by atoms with van der Waals surface area (Å²) in [5, 5.41) is 8.47. The first-order valence-electron chi connectivity index (χ1n) is 10.1. The Kier molecular flexibility index (Phi) is 5.42. The molecule has 4 rings (SSSR count). The second-order valence-corrected chi connectivity index (χ2v) is 7.76. The van der Waals surface area contributed by atoms with Crippen LogP contribution >= 0.6 is 0 Å². The van der Waals surface area contributed by atoms with Crippen molar-refractivity contribution in [2.75, 3.05) is 16.0 Å². The van der Waals surface area contributed by atoms with Gasteiger partial charge >= 0.3 is 0 Å². The first kappa shape index (κ1) is 20.5. The summed E-state index contributed by atoms with van der Waals surface area (Å²) in [6.07, 6.45) is 4.30. The zero-order valence-corrected chi connectivity index (χ0v) is 17.1. The van der Waals surface area contributed by atoms with Gasteiger partial charge in [0, 0.05) is 23.3 Å². The van der Waals surface area contributed by atoms with Crippen LogP contribution in [-0.2, 0) is 9.59 Å². The minimum Gasteiger partial charge on any atom is -0.353 e. The number of halogens is 1. The summed E-state index contributed by atoms with van der Waals surface area (Å²) in [5.74, 6) is -1.32. The maximum absolute atomic E-state index is 14.7. The summed E-state index contributed by atoms with van der Waals surface area (Å²) in [4.78, 5) is 29.6. The second kappa shape index (κ2) is 8.18. The van der Waals surface area contributed by atoms with Crippen LogP contribution in [0.15, 0.2) is 77.4 Å². The smallest absolute Gasteiger partial charge is 0.240 e. The number of carbonyl (C=O) groups is 2. The molecule has 0 aromatic heterocycles. The number of rotatable bonds is 6. The van der Waals surface area contributed by atoms with Crippen LogP contribution in [-0.4, -0.2) is 24.1 Å². The number of benzene rings is 2. The van der Waals surface area contributed by atoms with Crippen LogP contribution < -0.4 is 16.0 Å². The maximum atomic E-state index is 14.7. The van der Waals surface area contributed by atoms with E-state index in [1.807, 2.05) is 13.0 Å². The standard InChI is InChI=1S/C24H23FN4O2/c1-15-16(2)26-13-10-20(15)29-21-9-8-18(14-19(21)25)28-23(31)24(11-12-24)22(30)27-17-6-4-3-5-7-17/h3-10,13-14,16,29H,1,11-12H2,2H3,(H,27,30)(H,28,31). The number of allylic oxidation sites excluding steroid dienone is 1.